The Morgan fingerprint density at radius 3 is 2.55 bits per heavy atom. The van der Waals surface area contributed by atoms with Crippen LogP contribution in [0.15, 0.2) is 59.2 Å². The van der Waals surface area contributed by atoms with Gasteiger partial charge in [0.15, 0.2) is 5.71 Å². The van der Waals surface area contributed by atoms with E-state index >= 15 is 0 Å². The van der Waals surface area contributed by atoms with E-state index in [-0.39, 0.29) is 10.3 Å². The maximum absolute atomic E-state index is 12.0. The van der Waals surface area contributed by atoms with Gasteiger partial charge in [-0.1, -0.05) is 46.3 Å². The van der Waals surface area contributed by atoms with Gasteiger partial charge in [-0.25, -0.2) is 0 Å². The Morgan fingerprint density at radius 1 is 1.09 bits per heavy atom. The quantitative estimate of drug-likeness (QED) is 0.193. The Morgan fingerprint density at radius 2 is 1.84 bits per heavy atom. The van der Waals surface area contributed by atoms with E-state index in [2.05, 4.69) is 81.4 Å². The van der Waals surface area contributed by atoms with Gasteiger partial charge in [0.05, 0.1) is 10.3 Å². The molecule has 0 saturated heterocycles. The first kappa shape index (κ1) is 30.8. The van der Waals surface area contributed by atoms with Crippen LogP contribution in [0.1, 0.15) is 95.9 Å². The average molecular weight is 616 g/mol. The molecule has 0 atom stereocenters. The second-order valence-electron chi connectivity index (χ2n) is 14.3. The molecule has 1 N–H and O–H groups in total. The number of fused-ring (bicyclic) bond motifs is 3. The lowest BCUT2D eigenvalue weighted by atomic mass is 9.81. The molecule has 234 valence electrons. The summed E-state index contributed by atoms with van der Waals surface area (Å²) in [7, 11) is -4.30. The summed E-state index contributed by atoms with van der Waals surface area (Å²) in [4.78, 5) is 2.51. The van der Waals surface area contributed by atoms with E-state index in [0.29, 0.717) is 0 Å². The van der Waals surface area contributed by atoms with Crippen LogP contribution < -0.4 is 9.64 Å². The van der Waals surface area contributed by atoms with Gasteiger partial charge in [-0.2, -0.15) is 13.0 Å². The van der Waals surface area contributed by atoms with Crippen molar-refractivity contribution in [1.29, 1.82) is 0 Å². The average Bonchev–Trinajstić information content (AvgIpc) is 3.18. The summed E-state index contributed by atoms with van der Waals surface area (Å²) in [6.45, 7) is 16.2. The van der Waals surface area contributed by atoms with Crippen molar-refractivity contribution in [2.24, 2.45) is 5.41 Å². The molecule has 44 heavy (non-hydrogen) atoms. The third-order valence-electron chi connectivity index (χ3n) is 9.70. The van der Waals surface area contributed by atoms with Crippen molar-refractivity contribution >= 4 is 32.8 Å². The number of allylic oxidation sites excluding steroid dienone is 6. The zero-order valence-electron chi connectivity index (χ0n) is 27.2. The molecule has 0 radical (unpaired) electrons. The van der Waals surface area contributed by atoms with Crippen molar-refractivity contribution in [3.63, 3.8) is 0 Å². The smallest absolute Gasteiger partial charge is 0.294 e. The van der Waals surface area contributed by atoms with Crippen LogP contribution in [0.25, 0.3) is 5.57 Å². The van der Waals surface area contributed by atoms with E-state index < -0.39 is 15.5 Å². The highest BCUT2D eigenvalue weighted by atomic mass is 32.2. The maximum atomic E-state index is 12.0. The molecule has 7 heteroatoms. The molecule has 0 fully saturated rings. The second-order valence-corrected chi connectivity index (χ2v) is 15.7. The van der Waals surface area contributed by atoms with Crippen molar-refractivity contribution in [1.82, 2.24) is 0 Å². The highest BCUT2D eigenvalue weighted by Gasteiger charge is 2.44. The highest BCUT2D eigenvalue weighted by molar-refractivity contribution is 7.85. The van der Waals surface area contributed by atoms with Gasteiger partial charge in [-0.3, -0.25) is 4.55 Å². The lowest BCUT2D eigenvalue weighted by Gasteiger charge is -2.40. The molecule has 0 amide bonds. The Hall–Kier alpha value is -3.16. The molecule has 4 aliphatic heterocycles. The van der Waals surface area contributed by atoms with Crippen LogP contribution in [0.5, 0.6) is 5.75 Å². The summed E-state index contributed by atoms with van der Waals surface area (Å²) >= 11 is 0. The van der Waals surface area contributed by atoms with E-state index in [9.17, 15) is 13.0 Å². The number of unbranched alkanes of at least 4 members (excludes halogenated alkanes) is 2. The number of nitrogens with zero attached hydrogens (tertiary/aromatic N) is 2. The van der Waals surface area contributed by atoms with Crippen LogP contribution in [0, 0.1) is 5.41 Å². The standard InChI is InChI=1S/C37H46N2O4S/c1-7-8-9-21-39-31-18-17-27(44(40,41)42)24-30(31)37(5,6)32(39)16-10-13-25-23-33(36(2,3)4)43-35-28-15-12-20-38-19-11-14-26(34(28)38)22-29(25)35/h10,13,16-18,22-24H,7-9,11-12,14-15,19-21H2,1-6H3/p+1. The fraction of sp³-hybridized carbons (Fsp3) is 0.486. The SMILES string of the molecule is CCCCC[N+]1=C(C=CC=C2C=C(C(C)(C)C)Oc3c2cc2c4c3CCCN4CCC2)C(C)(C)c2cc(S(=O)(=O)O)ccc21. The number of ether oxygens (including phenoxy) is 1. The van der Waals surface area contributed by atoms with Crippen LogP contribution in [-0.2, 0) is 28.4 Å². The number of rotatable bonds is 7. The molecule has 2 aromatic rings. The molecule has 6 nitrogen and oxygen atoms in total. The molecule has 4 heterocycles. The summed E-state index contributed by atoms with van der Waals surface area (Å²) in [6.07, 6.45) is 16.6. The number of hydrogen-bond acceptors (Lipinski definition) is 4. The summed E-state index contributed by atoms with van der Waals surface area (Å²) < 4.78 is 42.9. The number of anilines is 1. The molecular formula is C37H47N2O4S+. The highest BCUT2D eigenvalue weighted by Crippen LogP contribution is 2.49. The summed E-state index contributed by atoms with van der Waals surface area (Å²) in [5.41, 5.74) is 9.03. The van der Waals surface area contributed by atoms with E-state index in [1.807, 2.05) is 6.07 Å². The van der Waals surface area contributed by atoms with Gasteiger partial charge in [0.25, 0.3) is 10.1 Å². The minimum atomic E-state index is -4.30. The van der Waals surface area contributed by atoms with Crippen molar-refractivity contribution in [3.05, 3.63) is 76.6 Å². The third-order valence-corrected chi connectivity index (χ3v) is 10.5. The first-order valence-corrected chi connectivity index (χ1v) is 17.7. The molecule has 4 aliphatic rings. The summed E-state index contributed by atoms with van der Waals surface area (Å²) in [5.74, 6) is 2.01. The molecule has 2 aromatic carbocycles. The largest absolute Gasteiger partial charge is 0.460 e. The van der Waals surface area contributed by atoms with Crippen LogP contribution in [-0.4, -0.2) is 42.9 Å². The Kier molecular flexibility index (Phi) is 7.94. The first-order valence-electron chi connectivity index (χ1n) is 16.3. The van der Waals surface area contributed by atoms with Gasteiger partial charge < -0.3 is 9.64 Å². The van der Waals surface area contributed by atoms with Crippen LogP contribution in [0.4, 0.5) is 11.4 Å². The Balaban J connectivity index is 1.45. The topological polar surface area (TPSA) is 69.8 Å². The Bertz CT molecular complexity index is 1730. The van der Waals surface area contributed by atoms with Gasteiger partial charge in [0.1, 0.15) is 18.1 Å². The molecular weight excluding hydrogens is 568 g/mol. The predicted octanol–water partition coefficient (Wildman–Crippen LogP) is 8.16. The van der Waals surface area contributed by atoms with E-state index in [1.165, 1.54) is 34.9 Å². The lowest BCUT2D eigenvalue weighted by molar-refractivity contribution is -0.438. The maximum Gasteiger partial charge on any atom is 0.294 e. The number of benzene rings is 2. The molecule has 0 saturated carbocycles. The molecule has 6 rings (SSSR count). The van der Waals surface area contributed by atoms with Crippen LogP contribution in [0.3, 0.4) is 0 Å². The normalized spacial score (nSPS) is 20.0. The molecule has 0 aromatic heterocycles. The van der Waals surface area contributed by atoms with Crippen molar-refractivity contribution in [3.8, 4) is 5.75 Å². The van der Waals surface area contributed by atoms with Crippen molar-refractivity contribution < 1.29 is 22.3 Å². The van der Waals surface area contributed by atoms with Crippen LogP contribution in [0.2, 0.25) is 0 Å². The van der Waals surface area contributed by atoms with E-state index in [4.69, 9.17) is 4.74 Å². The molecule has 0 bridgehead atoms. The zero-order valence-corrected chi connectivity index (χ0v) is 28.0. The van der Waals surface area contributed by atoms with Gasteiger partial charge >= 0.3 is 0 Å². The monoisotopic (exact) mass is 615 g/mol. The van der Waals surface area contributed by atoms with E-state index in [1.54, 1.807) is 6.07 Å². The molecule has 0 spiro atoms. The van der Waals surface area contributed by atoms with Crippen LogP contribution >= 0.6 is 0 Å². The molecule has 0 aliphatic carbocycles. The van der Waals surface area contributed by atoms with E-state index in [0.717, 1.165) is 92.2 Å². The van der Waals surface area contributed by atoms with Gasteiger partial charge in [-0.05, 0) is 81.4 Å². The zero-order chi connectivity index (χ0) is 31.4. The second kappa shape index (κ2) is 11.3. The lowest BCUT2D eigenvalue weighted by Crippen LogP contribution is -2.35. The summed E-state index contributed by atoms with van der Waals surface area (Å²) in [5, 5.41) is 0. The minimum Gasteiger partial charge on any atom is -0.460 e. The molecule has 0 unspecified atom stereocenters. The minimum absolute atomic E-state index is 0.0605. The summed E-state index contributed by atoms with van der Waals surface area (Å²) in [6, 6.07) is 7.37. The predicted molar refractivity (Wildman–Crippen MR) is 179 cm³/mol. The fourth-order valence-corrected chi connectivity index (χ4v) is 7.85. The van der Waals surface area contributed by atoms with Crippen molar-refractivity contribution in [2.75, 3.05) is 24.5 Å². The first-order chi connectivity index (χ1) is 20.8. The number of hydrogen-bond donors (Lipinski definition) is 1. The Labute approximate surface area is 263 Å². The fourth-order valence-electron chi connectivity index (χ4n) is 7.35. The van der Waals surface area contributed by atoms with Gasteiger partial charge in [-0.15, -0.1) is 0 Å². The van der Waals surface area contributed by atoms with Gasteiger partial charge in [0, 0.05) is 59.4 Å². The van der Waals surface area contributed by atoms with Crippen molar-refractivity contribution in [2.45, 2.75) is 96.8 Å². The third kappa shape index (κ3) is 5.47. The van der Waals surface area contributed by atoms with Gasteiger partial charge in [0.2, 0.25) is 5.69 Å². The number of aryl methyl sites for hydroxylation is 1.